The van der Waals surface area contributed by atoms with E-state index in [2.05, 4.69) is 49.6 Å². The smallest absolute Gasteiger partial charge is 0.211 e. The minimum Gasteiger partial charge on any atom is -0.490 e. The molecule has 0 aromatic heterocycles. The highest BCUT2D eigenvalue weighted by molar-refractivity contribution is 7.88. The second-order valence-corrected chi connectivity index (χ2v) is 10.1. The lowest BCUT2D eigenvalue weighted by molar-refractivity contribution is 0.215. The summed E-state index contributed by atoms with van der Waals surface area (Å²) in [5, 5.41) is 6.73. The predicted octanol–water partition coefficient (Wildman–Crippen LogP) is 2.90. The molecule has 30 heavy (non-hydrogen) atoms. The van der Waals surface area contributed by atoms with Gasteiger partial charge in [-0.15, -0.1) is 0 Å². The summed E-state index contributed by atoms with van der Waals surface area (Å²) in [6.45, 7) is 11.6. The van der Waals surface area contributed by atoms with E-state index in [0.717, 1.165) is 49.6 Å². The summed E-state index contributed by atoms with van der Waals surface area (Å²) < 4.78 is 31.0. The molecule has 170 valence electrons. The van der Waals surface area contributed by atoms with Crippen LogP contribution in [-0.2, 0) is 16.6 Å². The van der Waals surface area contributed by atoms with Gasteiger partial charge in [0.25, 0.3) is 0 Å². The molecule has 1 heterocycles. The Balaban J connectivity index is 1.97. The van der Waals surface area contributed by atoms with Gasteiger partial charge in [-0.3, -0.25) is 0 Å². The molecule has 0 amide bonds. The lowest BCUT2D eigenvalue weighted by Crippen LogP contribution is -2.44. The normalized spacial score (nSPS) is 17.6. The van der Waals surface area contributed by atoms with Crippen molar-refractivity contribution < 1.29 is 13.2 Å². The van der Waals surface area contributed by atoms with Crippen LogP contribution >= 0.6 is 0 Å². The van der Waals surface area contributed by atoms with E-state index in [1.54, 1.807) is 4.31 Å². The lowest BCUT2D eigenvalue weighted by atomic mass is 9.98. The van der Waals surface area contributed by atoms with Crippen LogP contribution in [0.4, 0.5) is 0 Å². The minimum absolute atomic E-state index is 0.165. The second kappa shape index (κ2) is 11.6. The Morgan fingerprint density at radius 2 is 1.97 bits per heavy atom. The van der Waals surface area contributed by atoms with E-state index in [9.17, 15) is 8.42 Å². The quantitative estimate of drug-likeness (QED) is 0.458. The largest absolute Gasteiger partial charge is 0.490 e. The van der Waals surface area contributed by atoms with Crippen LogP contribution in [-0.4, -0.2) is 57.2 Å². The number of aliphatic imine (C=N–C) groups is 1. The Hall–Kier alpha value is -1.80. The molecule has 0 bridgehead atoms. The van der Waals surface area contributed by atoms with Gasteiger partial charge in [-0.05, 0) is 57.6 Å². The minimum atomic E-state index is -3.08. The molecule has 0 spiro atoms. The zero-order valence-electron chi connectivity index (χ0n) is 19.1. The van der Waals surface area contributed by atoms with Gasteiger partial charge in [-0.2, -0.15) is 0 Å². The van der Waals surface area contributed by atoms with E-state index in [1.807, 2.05) is 6.92 Å². The maximum Gasteiger partial charge on any atom is 0.211 e. The molecular formula is C22H38N4O3S. The van der Waals surface area contributed by atoms with Gasteiger partial charge in [0.05, 0.1) is 18.9 Å². The molecule has 1 aromatic carbocycles. The molecule has 1 aliphatic heterocycles. The first-order valence-corrected chi connectivity index (χ1v) is 12.8. The number of hydrogen-bond donors (Lipinski definition) is 2. The third kappa shape index (κ3) is 7.80. The molecule has 0 radical (unpaired) electrons. The monoisotopic (exact) mass is 438 g/mol. The Bertz CT molecular complexity index is 803. The van der Waals surface area contributed by atoms with Crippen molar-refractivity contribution in [1.29, 1.82) is 0 Å². The lowest BCUT2D eigenvalue weighted by Gasteiger charge is -2.30. The molecule has 2 N–H and O–H groups in total. The third-order valence-corrected chi connectivity index (χ3v) is 6.78. The highest BCUT2D eigenvalue weighted by Crippen LogP contribution is 2.23. The fourth-order valence-electron chi connectivity index (χ4n) is 3.39. The van der Waals surface area contributed by atoms with Gasteiger partial charge in [0.2, 0.25) is 10.0 Å². The fraction of sp³-hybridized carbons (Fsp3) is 0.682. The number of aryl methyl sites for hydroxylation is 1. The molecule has 1 aliphatic rings. The number of benzene rings is 1. The number of nitrogens with one attached hydrogen (secondary N) is 2. The van der Waals surface area contributed by atoms with E-state index in [0.29, 0.717) is 25.6 Å². The Morgan fingerprint density at radius 1 is 1.27 bits per heavy atom. The molecule has 8 heteroatoms. The van der Waals surface area contributed by atoms with Crippen molar-refractivity contribution in [2.24, 2.45) is 10.9 Å². The Morgan fingerprint density at radius 3 is 2.57 bits per heavy atom. The second-order valence-electron chi connectivity index (χ2n) is 8.13. The maximum atomic E-state index is 11.7. The van der Waals surface area contributed by atoms with Crippen LogP contribution in [0.15, 0.2) is 23.2 Å². The number of rotatable bonds is 9. The zero-order valence-corrected chi connectivity index (χ0v) is 19.9. The number of piperidine rings is 1. The summed E-state index contributed by atoms with van der Waals surface area (Å²) >= 11 is 0. The van der Waals surface area contributed by atoms with Crippen LogP contribution in [0.1, 0.15) is 51.2 Å². The van der Waals surface area contributed by atoms with Crippen LogP contribution in [0.25, 0.3) is 0 Å². The maximum absolute atomic E-state index is 11.7. The van der Waals surface area contributed by atoms with Crippen molar-refractivity contribution >= 4 is 16.0 Å². The van der Waals surface area contributed by atoms with E-state index >= 15 is 0 Å². The fourth-order valence-corrected chi connectivity index (χ4v) is 4.27. The third-order valence-electron chi connectivity index (χ3n) is 5.48. The summed E-state index contributed by atoms with van der Waals surface area (Å²) in [5.41, 5.74) is 2.24. The molecule has 1 saturated heterocycles. The van der Waals surface area contributed by atoms with Crippen LogP contribution < -0.4 is 15.4 Å². The standard InChI is InChI=1S/C22H38N4O3S/c1-6-18(4)29-21-14-17(3)8-9-20(21)16-25-22(23-7-2)24-15-19-10-12-26(13-11-19)30(5,27)28/h8-9,14,18-19H,6-7,10-13,15-16H2,1-5H3,(H2,23,24,25). The van der Waals surface area contributed by atoms with Crippen LogP contribution in [0.5, 0.6) is 5.75 Å². The molecule has 0 saturated carbocycles. The van der Waals surface area contributed by atoms with E-state index < -0.39 is 10.0 Å². The van der Waals surface area contributed by atoms with Gasteiger partial charge in [0, 0.05) is 31.7 Å². The average molecular weight is 439 g/mol. The SMILES string of the molecule is CCNC(=NCc1ccc(C)cc1OC(C)CC)NCC1CCN(S(C)(=O)=O)CC1. The van der Waals surface area contributed by atoms with Gasteiger partial charge in [-0.25, -0.2) is 17.7 Å². The van der Waals surface area contributed by atoms with Crippen LogP contribution in [0, 0.1) is 12.8 Å². The summed E-state index contributed by atoms with van der Waals surface area (Å²) in [6.07, 6.45) is 4.14. The van der Waals surface area contributed by atoms with E-state index in [1.165, 1.54) is 11.8 Å². The average Bonchev–Trinajstić information content (AvgIpc) is 2.70. The number of sulfonamides is 1. The molecule has 2 rings (SSSR count). The number of guanidine groups is 1. The van der Waals surface area contributed by atoms with Gasteiger partial charge in [0.15, 0.2) is 5.96 Å². The van der Waals surface area contributed by atoms with Gasteiger partial charge >= 0.3 is 0 Å². The van der Waals surface area contributed by atoms with Crippen molar-refractivity contribution in [2.75, 3.05) is 32.4 Å². The molecule has 1 aromatic rings. The molecular weight excluding hydrogens is 400 g/mol. The van der Waals surface area contributed by atoms with Crippen LogP contribution in [0.3, 0.4) is 0 Å². The first-order valence-electron chi connectivity index (χ1n) is 11.0. The van der Waals surface area contributed by atoms with Crippen molar-refractivity contribution in [3.63, 3.8) is 0 Å². The van der Waals surface area contributed by atoms with E-state index in [4.69, 9.17) is 9.73 Å². The summed E-state index contributed by atoms with van der Waals surface area (Å²) in [4.78, 5) is 4.75. The highest BCUT2D eigenvalue weighted by atomic mass is 32.2. The van der Waals surface area contributed by atoms with Gasteiger partial charge in [0.1, 0.15) is 5.75 Å². The molecule has 0 aliphatic carbocycles. The summed E-state index contributed by atoms with van der Waals surface area (Å²) in [6, 6.07) is 6.25. The van der Waals surface area contributed by atoms with Crippen molar-refractivity contribution in [1.82, 2.24) is 14.9 Å². The Kier molecular flexibility index (Phi) is 9.42. The first-order chi connectivity index (χ1) is 14.2. The van der Waals surface area contributed by atoms with Crippen molar-refractivity contribution in [3.05, 3.63) is 29.3 Å². The predicted molar refractivity (Wildman–Crippen MR) is 124 cm³/mol. The number of ether oxygens (including phenoxy) is 1. The van der Waals surface area contributed by atoms with E-state index in [-0.39, 0.29) is 6.10 Å². The Labute approximate surface area is 182 Å². The van der Waals surface area contributed by atoms with Crippen molar-refractivity contribution in [2.45, 2.75) is 59.6 Å². The number of hydrogen-bond acceptors (Lipinski definition) is 4. The van der Waals surface area contributed by atoms with Crippen LogP contribution in [0.2, 0.25) is 0 Å². The molecule has 1 fully saturated rings. The topological polar surface area (TPSA) is 83.0 Å². The summed E-state index contributed by atoms with van der Waals surface area (Å²) in [7, 11) is -3.08. The molecule has 1 atom stereocenters. The van der Waals surface area contributed by atoms with Gasteiger partial charge in [-0.1, -0.05) is 19.1 Å². The summed E-state index contributed by atoms with van der Waals surface area (Å²) in [5.74, 6) is 2.12. The van der Waals surface area contributed by atoms with Crippen molar-refractivity contribution in [3.8, 4) is 5.75 Å². The zero-order chi connectivity index (χ0) is 22.1. The number of nitrogens with zero attached hydrogens (tertiary/aromatic N) is 2. The first kappa shape index (κ1) is 24.5. The highest BCUT2D eigenvalue weighted by Gasteiger charge is 2.24. The molecule has 1 unspecified atom stereocenters. The van der Waals surface area contributed by atoms with Gasteiger partial charge < -0.3 is 15.4 Å². The molecule has 7 nitrogen and oxygen atoms in total.